The van der Waals surface area contributed by atoms with Gasteiger partial charge in [0, 0.05) is 12.6 Å². The third-order valence-electron chi connectivity index (χ3n) is 2.06. The van der Waals surface area contributed by atoms with Crippen LogP contribution >= 0.6 is 11.8 Å². The van der Waals surface area contributed by atoms with Gasteiger partial charge in [-0.1, -0.05) is 6.92 Å². The maximum Gasteiger partial charge on any atom is 0.407 e. The van der Waals surface area contributed by atoms with Crippen molar-refractivity contribution >= 4 is 17.9 Å². The highest BCUT2D eigenvalue weighted by molar-refractivity contribution is 7.99. The second-order valence-corrected chi connectivity index (χ2v) is 6.70. The van der Waals surface area contributed by atoms with Crippen molar-refractivity contribution in [3.63, 3.8) is 0 Å². The van der Waals surface area contributed by atoms with Gasteiger partial charge in [0.2, 0.25) is 0 Å². The molecule has 0 saturated heterocycles. The number of ether oxygens (including phenoxy) is 1. The lowest BCUT2D eigenvalue weighted by Crippen LogP contribution is -2.42. The van der Waals surface area contributed by atoms with Crippen LogP contribution in [0.4, 0.5) is 4.79 Å². The Balaban J connectivity index is 3.53. The number of rotatable bonds is 8. The smallest absolute Gasteiger partial charge is 0.407 e. The highest BCUT2D eigenvalue weighted by Gasteiger charge is 2.17. The van der Waals surface area contributed by atoms with Gasteiger partial charge in [0.1, 0.15) is 5.60 Å². The molecule has 4 nitrogen and oxygen atoms in total. The number of carbonyl (C=O) groups excluding carboxylic acids is 1. The Morgan fingerprint density at radius 3 is 2.61 bits per heavy atom. The molecular formula is C13H28N2O2S. The number of hydrogen-bond acceptors (Lipinski definition) is 4. The van der Waals surface area contributed by atoms with Crippen LogP contribution in [0.1, 0.15) is 41.0 Å². The van der Waals surface area contributed by atoms with E-state index < -0.39 is 5.60 Å². The van der Waals surface area contributed by atoms with Crippen LogP contribution in [0, 0.1) is 0 Å². The summed E-state index contributed by atoms with van der Waals surface area (Å²) in [5.41, 5.74) is -0.436. The van der Waals surface area contributed by atoms with E-state index in [1.54, 1.807) is 0 Å². The summed E-state index contributed by atoms with van der Waals surface area (Å²) in [7, 11) is 0. The van der Waals surface area contributed by atoms with E-state index in [0.717, 1.165) is 19.5 Å². The Kier molecular flexibility index (Phi) is 9.28. The van der Waals surface area contributed by atoms with Crippen molar-refractivity contribution in [1.82, 2.24) is 10.6 Å². The summed E-state index contributed by atoms with van der Waals surface area (Å²) >= 11 is 1.95. The van der Waals surface area contributed by atoms with Gasteiger partial charge in [-0.2, -0.15) is 11.8 Å². The lowest BCUT2D eigenvalue weighted by molar-refractivity contribution is 0.0508. The summed E-state index contributed by atoms with van der Waals surface area (Å²) in [5, 5.41) is 6.14. The van der Waals surface area contributed by atoms with E-state index in [1.165, 1.54) is 11.5 Å². The molecule has 0 aromatic heterocycles. The number of alkyl carbamates (subject to hydrolysis) is 1. The fourth-order valence-electron chi connectivity index (χ4n) is 1.32. The summed E-state index contributed by atoms with van der Waals surface area (Å²) in [6.45, 7) is 11.5. The van der Waals surface area contributed by atoms with E-state index >= 15 is 0 Å². The normalized spacial score (nSPS) is 13.2. The molecule has 1 unspecified atom stereocenters. The predicted octanol–water partition coefficient (Wildman–Crippen LogP) is 2.63. The number of thioether (sulfide) groups is 1. The molecule has 2 N–H and O–H groups in total. The van der Waals surface area contributed by atoms with Crippen molar-refractivity contribution in [2.45, 2.75) is 52.7 Å². The van der Waals surface area contributed by atoms with Gasteiger partial charge in [-0.15, -0.1) is 0 Å². The van der Waals surface area contributed by atoms with Gasteiger partial charge < -0.3 is 15.4 Å². The number of nitrogens with one attached hydrogen (secondary N) is 2. The van der Waals surface area contributed by atoms with Gasteiger partial charge in [0.15, 0.2) is 0 Å². The molecule has 18 heavy (non-hydrogen) atoms. The zero-order valence-corrected chi connectivity index (χ0v) is 13.2. The van der Waals surface area contributed by atoms with Gasteiger partial charge in [-0.25, -0.2) is 4.79 Å². The van der Waals surface area contributed by atoms with Crippen LogP contribution in [0.15, 0.2) is 0 Å². The molecule has 0 spiro atoms. The summed E-state index contributed by atoms with van der Waals surface area (Å²) < 4.78 is 5.19. The number of amides is 1. The van der Waals surface area contributed by atoms with Gasteiger partial charge >= 0.3 is 6.09 Å². The van der Waals surface area contributed by atoms with Crippen LogP contribution in [0.5, 0.6) is 0 Å². The summed E-state index contributed by atoms with van der Waals surface area (Å²) in [5.74, 6) is 2.37. The second kappa shape index (κ2) is 9.50. The first-order chi connectivity index (χ1) is 8.35. The molecule has 0 rings (SSSR count). The first kappa shape index (κ1) is 17.6. The quantitative estimate of drug-likeness (QED) is 0.669. The standard InChI is InChI=1S/C13H28N2O2S/c1-6-18-9-7-8-14-10-11(2)15-12(16)17-13(3,4)5/h11,14H,6-10H2,1-5H3,(H,15,16). The Hall–Kier alpha value is -0.420. The second-order valence-electron chi connectivity index (χ2n) is 5.30. The van der Waals surface area contributed by atoms with Crippen molar-refractivity contribution in [1.29, 1.82) is 0 Å². The Morgan fingerprint density at radius 2 is 2.06 bits per heavy atom. The maximum atomic E-state index is 11.5. The number of hydrogen-bond donors (Lipinski definition) is 2. The lowest BCUT2D eigenvalue weighted by atomic mass is 10.2. The minimum Gasteiger partial charge on any atom is -0.444 e. The van der Waals surface area contributed by atoms with E-state index in [-0.39, 0.29) is 12.1 Å². The van der Waals surface area contributed by atoms with E-state index in [1.807, 2.05) is 39.5 Å². The Labute approximate surface area is 116 Å². The fraction of sp³-hybridized carbons (Fsp3) is 0.923. The van der Waals surface area contributed by atoms with Crippen LogP contribution in [-0.2, 0) is 4.74 Å². The Bertz CT molecular complexity index is 230. The zero-order valence-electron chi connectivity index (χ0n) is 12.3. The van der Waals surface area contributed by atoms with E-state index in [4.69, 9.17) is 4.74 Å². The molecule has 0 aliphatic carbocycles. The molecule has 0 heterocycles. The van der Waals surface area contributed by atoms with Crippen molar-refractivity contribution in [3.05, 3.63) is 0 Å². The number of carbonyl (C=O) groups is 1. The van der Waals surface area contributed by atoms with Gasteiger partial charge in [-0.3, -0.25) is 0 Å². The molecular weight excluding hydrogens is 248 g/mol. The average molecular weight is 276 g/mol. The molecule has 0 aliphatic heterocycles. The molecule has 0 bridgehead atoms. The molecule has 0 fully saturated rings. The summed E-state index contributed by atoms with van der Waals surface area (Å²) in [6.07, 6.45) is 0.816. The molecule has 0 aromatic rings. The first-order valence-electron chi connectivity index (χ1n) is 6.63. The minimum atomic E-state index is -0.436. The molecule has 108 valence electrons. The average Bonchev–Trinajstić information content (AvgIpc) is 2.20. The molecule has 1 atom stereocenters. The van der Waals surface area contributed by atoms with Crippen LogP contribution in [0.2, 0.25) is 0 Å². The predicted molar refractivity (Wildman–Crippen MR) is 79.3 cm³/mol. The maximum absolute atomic E-state index is 11.5. The van der Waals surface area contributed by atoms with Crippen LogP contribution in [0.25, 0.3) is 0 Å². The van der Waals surface area contributed by atoms with Crippen molar-refractivity contribution < 1.29 is 9.53 Å². The monoisotopic (exact) mass is 276 g/mol. The topological polar surface area (TPSA) is 50.4 Å². The molecule has 0 radical (unpaired) electrons. The summed E-state index contributed by atoms with van der Waals surface area (Å²) in [6, 6.07) is 0.0821. The lowest BCUT2D eigenvalue weighted by Gasteiger charge is -2.22. The first-order valence-corrected chi connectivity index (χ1v) is 7.78. The zero-order chi connectivity index (χ0) is 14.0. The third kappa shape index (κ3) is 12.0. The van der Waals surface area contributed by atoms with Crippen molar-refractivity contribution in [3.8, 4) is 0 Å². The fourth-order valence-corrected chi connectivity index (χ4v) is 1.96. The van der Waals surface area contributed by atoms with E-state index in [2.05, 4.69) is 17.6 Å². The van der Waals surface area contributed by atoms with Crippen LogP contribution in [0.3, 0.4) is 0 Å². The van der Waals surface area contributed by atoms with Crippen LogP contribution in [-0.4, -0.2) is 42.3 Å². The van der Waals surface area contributed by atoms with Crippen LogP contribution < -0.4 is 10.6 Å². The van der Waals surface area contributed by atoms with Gasteiger partial charge in [-0.05, 0) is 52.2 Å². The largest absolute Gasteiger partial charge is 0.444 e. The van der Waals surface area contributed by atoms with E-state index in [9.17, 15) is 4.79 Å². The van der Waals surface area contributed by atoms with Gasteiger partial charge in [0.05, 0.1) is 0 Å². The highest BCUT2D eigenvalue weighted by atomic mass is 32.2. The molecule has 5 heteroatoms. The minimum absolute atomic E-state index is 0.0821. The molecule has 0 saturated carbocycles. The Morgan fingerprint density at radius 1 is 1.39 bits per heavy atom. The molecule has 0 aromatic carbocycles. The molecule has 1 amide bonds. The SMILES string of the molecule is CCSCCCNCC(C)NC(=O)OC(C)(C)C. The van der Waals surface area contributed by atoms with Gasteiger partial charge in [0.25, 0.3) is 0 Å². The summed E-state index contributed by atoms with van der Waals surface area (Å²) in [4.78, 5) is 11.5. The van der Waals surface area contributed by atoms with Crippen molar-refractivity contribution in [2.24, 2.45) is 0 Å². The third-order valence-corrected chi connectivity index (χ3v) is 3.05. The van der Waals surface area contributed by atoms with Crippen molar-refractivity contribution in [2.75, 3.05) is 24.6 Å². The molecule has 0 aliphatic rings. The van der Waals surface area contributed by atoms with E-state index in [0.29, 0.717) is 0 Å². The highest BCUT2D eigenvalue weighted by Crippen LogP contribution is 2.06.